The number of benzene rings is 2. The van der Waals surface area contributed by atoms with Gasteiger partial charge in [0, 0.05) is 28.7 Å². The Balaban J connectivity index is 2.32. The van der Waals surface area contributed by atoms with Crippen LogP contribution in [0.15, 0.2) is 59.3 Å². The molecule has 0 fully saturated rings. The number of nitrogens with two attached hydrogens (primary N) is 2. The smallest absolute Gasteiger partial charge is 0.238 e. The second-order valence-electron chi connectivity index (χ2n) is 6.16. The van der Waals surface area contributed by atoms with Gasteiger partial charge in [-0.15, -0.1) is 0 Å². The molecule has 4 N–H and O–H groups in total. The number of rotatable bonds is 5. The number of primary sulfonamides is 1. The Bertz CT molecular complexity index is 1130. The van der Waals surface area contributed by atoms with E-state index in [2.05, 4.69) is 0 Å². The zero-order valence-electron chi connectivity index (χ0n) is 14.6. The fourth-order valence-corrected chi connectivity index (χ4v) is 3.71. The van der Waals surface area contributed by atoms with Crippen LogP contribution in [0.1, 0.15) is 5.69 Å². The van der Waals surface area contributed by atoms with Crippen LogP contribution in [0, 0.1) is 12.7 Å². The molecule has 0 saturated heterocycles. The van der Waals surface area contributed by atoms with Crippen LogP contribution in [-0.4, -0.2) is 19.5 Å². The summed E-state index contributed by atoms with van der Waals surface area (Å²) in [7, 11) is -3.91. The highest BCUT2D eigenvalue weighted by Crippen LogP contribution is 2.36. The van der Waals surface area contributed by atoms with E-state index in [9.17, 15) is 17.2 Å². The molecule has 0 aliphatic carbocycles. The fraction of sp³-hybridized carbons (Fsp3) is 0.158. The van der Waals surface area contributed by atoms with Crippen LogP contribution in [-0.2, 0) is 16.6 Å². The number of hydrogen-bond donors (Lipinski definition) is 2. The number of hydrogen-bond acceptors (Lipinski definition) is 3. The maximum absolute atomic E-state index is 14.1. The van der Waals surface area contributed by atoms with E-state index in [-0.39, 0.29) is 23.8 Å². The van der Waals surface area contributed by atoms with Crippen LogP contribution in [0.25, 0.3) is 22.0 Å². The molecule has 0 radical (unpaired) electrons. The highest BCUT2D eigenvalue weighted by atomic mass is 32.2. The van der Waals surface area contributed by atoms with Gasteiger partial charge in [-0.2, -0.15) is 0 Å². The van der Waals surface area contributed by atoms with Gasteiger partial charge in [-0.25, -0.2) is 22.3 Å². The number of sulfonamides is 1. The summed E-state index contributed by atoms with van der Waals surface area (Å²) in [4.78, 5) is -0.0477. The summed E-state index contributed by atoms with van der Waals surface area (Å²) in [6.45, 7) is 1.82. The molecule has 2 aromatic carbocycles. The Morgan fingerprint density at radius 1 is 1.19 bits per heavy atom. The molecule has 142 valence electrons. The average molecular weight is 391 g/mol. The number of allylic oxidation sites excluding steroid dienone is 1. The molecular weight excluding hydrogens is 372 g/mol. The van der Waals surface area contributed by atoms with Crippen LogP contribution in [0.3, 0.4) is 0 Å². The van der Waals surface area contributed by atoms with E-state index in [1.54, 1.807) is 29.7 Å². The summed E-state index contributed by atoms with van der Waals surface area (Å²) in [5.74, 6) is -0.791. The molecule has 0 aliphatic rings. The lowest BCUT2D eigenvalue weighted by atomic mass is 10.0. The fourth-order valence-electron chi connectivity index (χ4n) is 3.17. The zero-order chi connectivity index (χ0) is 19.8. The van der Waals surface area contributed by atoms with Crippen molar-refractivity contribution in [1.29, 1.82) is 0 Å². The van der Waals surface area contributed by atoms with Crippen LogP contribution in [0.4, 0.5) is 8.78 Å². The van der Waals surface area contributed by atoms with Gasteiger partial charge in [-0.05, 0) is 48.9 Å². The monoisotopic (exact) mass is 391 g/mol. The summed E-state index contributed by atoms with van der Waals surface area (Å²) >= 11 is 0. The quantitative estimate of drug-likeness (QED) is 0.700. The first kappa shape index (κ1) is 19.2. The predicted molar refractivity (Wildman–Crippen MR) is 102 cm³/mol. The van der Waals surface area contributed by atoms with E-state index in [0.29, 0.717) is 27.7 Å². The molecule has 1 aromatic heterocycles. The van der Waals surface area contributed by atoms with Gasteiger partial charge in [0.05, 0.1) is 11.4 Å². The number of halogens is 2. The first-order valence-electron chi connectivity index (χ1n) is 8.18. The Labute approximate surface area is 155 Å². The maximum Gasteiger partial charge on any atom is 0.238 e. The molecule has 0 bridgehead atoms. The third-order valence-electron chi connectivity index (χ3n) is 4.40. The van der Waals surface area contributed by atoms with Crippen LogP contribution in [0.5, 0.6) is 0 Å². The lowest BCUT2D eigenvalue weighted by molar-refractivity contribution is 0.555. The van der Waals surface area contributed by atoms with Crippen LogP contribution >= 0.6 is 0 Å². The molecule has 0 spiro atoms. The largest absolute Gasteiger partial charge is 0.337 e. The Hall–Kier alpha value is -2.55. The van der Waals surface area contributed by atoms with Gasteiger partial charge in [-0.3, -0.25) is 0 Å². The van der Waals surface area contributed by atoms with Gasteiger partial charge in [0.2, 0.25) is 10.0 Å². The molecule has 27 heavy (non-hydrogen) atoms. The molecule has 0 saturated carbocycles. The second kappa shape index (κ2) is 7.22. The van der Waals surface area contributed by atoms with E-state index in [1.165, 1.54) is 30.3 Å². The maximum atomic E-state index is 14.1. The molecule has 3 rings (SSSR count). The summed E-state index contributed by atoms with van der Waals surface area (Å²) in [6, 6.07) is 10.2. The number of nitrogens with zero attached hydrogens (tertiary/aromatic N) is 1. The van der Waals surface area contributed by atoms with Gasteiger partial charge in [0.15, 0.2) is 0 Å². The van der Waals surface area contributed by atoms with Gasteiger partial charge in [0.1, 0.15) is 11.6 Å². The first-order valence-corrected chi connectivity index (χ1v) is 9.73. The number of aromatic nitrogens is 1. The molecule has 3 aromatic rings. The van der Waals surface area contributed by atoms with E-state index in [1.807, 2.05) is 0 Å². The Morgan fingerprint density at radius 2 is 1.85 bits per heavy atom. The van der Waals surface area contributed by atoms with Crippen molar-refractivity contribution in [3.63, 3.8) is 0 Å². The second-order valence-corrected chi connectivity index (χ2v) is 7.73. The Morgan fingerprint density at radius 3 is 2.44 bits per heavy atom. The van der Waals surface area contributed by atoms with Gasteiger partial charge < -0.3 is 10.3 Å². The summed E-state index contributed by atoms with van der Waals surface area (Å²) in [6.07, 6.45) is 1.28. The topological polar surface area (TPSA) is 91.1 Å². The number of fused-ring (bicyclic) bond motifs is 1. The molecule has 0 unspecified atom stereocenters. The standard InChI is InChI=1S/C19H19F2N3O2S/c1-12-19(13-2-4-14(20)5-3-13)17-10-16(27(23,25)26)6-7-18(17)24(12)11-15(21)8-9-22/h2-8,10H,9,11,22H2,1H3,(H2,23,25,26)/b15-8-. The van der Waals surface area contributed by atoms with Crippen molar-refractivity contribution in [2.75, 3.05) is 6.54 Å². The molecule has 0 atom stereocenters. The molecular formula is C19H19F2N3O2S. The van der Waals surface area contributed by atoms with Crippen LogP contribution < -0.4 is 10.9 Å². The van der Waals surface area contributed by atoms with Crippen molar-refractivity contribution < 1.29 is 17.2 Å². The minimum Gasteiger partial charge on any atom is -0.337 e. The molecule has 0 aliphatic heterocycles. The third kappa shape index (κ3) is 3.78. The molecule has 8 heteroatoms. The van der Waals surface area contributed by atoms with Gasteiger partial charge >= 0.3 is 0 Å². The summed E-state index contributed by atoms with van der Waals surface area (Å²) < 4.78 is 52.7. The minimum atomic E-state index is -3.91. The normalized spacial score (nSPS) is 12.7. The third-order valence-corrected chi connectivity index (χ3v) is 5.32. The van der Waals surface area contributed by atoms with Crippen molar-refractivity contribution in [3.8, 4) is 11.1 Å². The zero-order valence-corrected chi connectivity index (χ0v) is 15.4. The van der Waals surface area contributed by atoms with Crippen molar-refractivity contribution in [2.24, 2.45) is 10.9 Å². The Kier molecular flexibility index (Phi) is 5.14. The van der Waals surface area contributed by atoms with Crippen molar-refractivity contribution >= 4 is 20.9 Å². The van der Waals surface area contributed by atoms with E-state index in [0.717, 1.165) is 0 Å². The highest BCUT2D eigenvalue weighted by molar-refractivity contribution is 7.89. The van der Waals surface area contributed by atoms with Gasteiger partial charge in [0.25, 0.3) is 0 Å². The van der Waals surface area contributed by atoms with E-state index < -0.39 is 15.9 Å². The predicted octanol–water partition coefficient (Wildman–Crippen LogP) is 3.22. The first-order chi connectivity index (χ1) is 12.7. The van der Waals surface area contributed by atoms with Crippen molar-refractivity contribution in [2.45, 2.75) is 18.4 Å². The molecule has 0 amide bonds. The highest BCUT2D eigenvalue weighted by Gasteiger charge is 2.19. The minimum absolute atomic E-state index is 0.0462. The average Bonchev–Trinajstić information content (AvgIpc) is 2.87. The lowest BCUT2D eigenvalue weighted by Crippen LogP contribution is -2.11. The van der Waals surface area contributed by atoms with E-state index >= 15 is 0 Å². The molecule has 1 heterocycles. The van der Waals surface area contributed by atoms with Crippen LogP contribution in [0.2, 0.25) is 0 Å². The van der Waals surface area contributed by atoms with Crippen molar-refractivity contribution in [3.05, 3.63) is 65.9 Å². The van der Waals surface area contributed by atoms with Gasteiger partial charge in [-0.1, -0.05) is 12.1 Å². The molecule has 5 nitrogen and oxygen atoms in total. The SMILES string of the molecule is Cc1c(-c2ccc(F)cc2)c2cc(S(N)(=O)=O)ccc2n1C/C(F)=C/CN. The lowest BCUT2D eigenvalue weighted by Gasteiger charge is -2.08. The summed E-state index contributed by atoms with van der Waals surface area (Å²) in [5, 5.41) is 5.84. The van der Waals surface area contributed by atoms with E-state index in [4.69, 9.17) is 10.9 Å². The summed E-state index contributed by atoms with van der Waals surface area (Å²) in [5.41, 5.74) is 8.10. The van der Waals surface area contributed by atoms with Crippen molar-refractivity contribution in [1.82, 2.24) is 4.57 Å².